The average molecular weight is 304 g/mol. The van der Waals surface area contributed by atoms with Gasteiger partial charge in [-0.2, -0.15) is 0 Å². The van der Waals surface area contributed by atoms with Gasteiger partial charge >= 0.3 is 0 Å². The fourth-order valence-electron chi connectivity index (χ4n) is 1.62. The zero-order valence-corrected chi connectivity index (χ0v) is 12.4. The van der Waals surface area contributed by atoms with E-state index in [1.54, 1.807) is 24.8 Å². The van der Waals surface area contributed by atoms with Crippen LogP contribution in [-0.2, 0) is 9.47 Å². The third kappa shape index (κ3) is 7.01. The van der Waals surface area contributed by atoms with Crippen LogP contribution in [0.4, 0.5) is 0 Å². The van der Waals surface area contributed by atoms with Crippen LogP contribution in [0.1, 0.15) is 0 Å². The van der Waals surface area contributed by atoms with E-state index in [0.717, 1.165) is 11.5 Å². The summed E-state index contributed by atoms with van der Waals surface area (Å²) < 4.78 is 21.7. The van der Waals surface area contributed by atoms with Crippen molar-refractivity contribution in [3.05, 3.63) is 49.1 Å². The molecule has 0 bridgehead atoms. The summed E-state index contributed by atoms with van der Waals surface area (Å²) in [5, 5.41) is 0. The number of hydrogen-bond acceptors (Lipinski definition) is 6. The van der Waals surface area contributed by atoms with Crippen LogP contribution in [0.5, 0.6) is 11.5 Å². The quantitative estimate of drug-likeness (QED) is 0.591. The van der Waals surface area contributed by atoms with Gasteiger partial charge in [0.2, 0.25) is 0 Å². The van der Waals surface area contributed by atoms with Gasteiger partial charge in [0.1, 0.15) is 24.7 Å². The number of ether oxygens (including phenoxy) is 4. The summed E-state index contributed by atoms with van der Waals surface area (Å²) in [6.07, 6.45) is 6.76. The summed E-state index contributed by atoms with van der Waals surface area (Å²) in [5.74, 6) is 1.49. The van der Waals surface area contributed by atoms with Gasteiger partial charge in [0.25, 0.3) is 0 Å². The van der Waals surface area contributed by atoms with Crippen LogP contribution in [0.2, 0.25) is 0 Å². The Morgan fingerprint density at radius 1 is 0.636 bits per heavy atom. The molecule has 2 aromatic rings. The smallest absolute Gasteiger partial charge is 0.137 e. The largest absolute Gasteiger partial charge is 0.490 e. The third-order valence-electron chi connectivity index (χ3n) is 2.63. The highest BCUT2D eigenvalue weighted by Gasteiger charge is 1.95. The molecule has 2 aromatic heterocycles. The maximum Gasteiger partial charge on any atom is 0.137 e. The summed E-state index contributed by atoms with van der Waals surface area (Å²) in [7, 11) is 0. The second-order valence-corrected chi connectivity index (χ2v) is 4.30. The molecule has 118 valence electrons. The Balaban J connectivity index is 1.37. The summed E-state index contributed by atoms with van der Waals surface area (Å²) in [6.45, 7) is 3.09. The van der Waals surface area contributed by atoms with Crippen LogP contribution in [0, 0.1) is 0 Å². The first-order valence-corrected chi connectivity index (χ1v) is 7.16. The van der Waals surface area contributed by atoms with Crippen LogP contribution in [0.25, 0.3) is 0 Å². The number of hydrogen-bond donors (Lipinski definition) is 0. The Hall–Kier alpha value is -2.18. The molecule has 0 aliphatic carbocycles. The summed E-state index contributed by atoms with van der Waals surface area (Å²) in [4.78, 5) is 7.92. The van der Waals surface area contributed by atoms with Crippen LogP contribution in [-0.4, -0.2) is 49.6 Å². The van der Waals surface area contributed by atoms with Gasteiger partial charge in [-0.1, -0.05) is 0 Å². The number of aromatic nitrogens is 2. The predicted octanol–water partition coefficient (Wildman–Crippen LogP) is 1.97. The molecule has 0 N–H and O–H groups in total. The van der Waals surface area contributed by atoms with Crippen molar-refractivity contribution >= 4 is 0 Å². The van der Waals surface area contributed by atoms with E-state index in [4.69, 9.17) is 18.9 Å². The van der Waals surface area contributed by atoms with Crippen LogP contribution in [0.3, 0.4) is 0 Å². The van der Waals surface area contributed by atoms with Gasteiger partial charge in [0.05, 0.1) is 38.8 Å². The van der Waals surface area contributed by atoms with Crippen molar-refractivity contribution in [2.75, 3.05) is 39.6 Å². The molecule has 2 heterocycles. The minimum absolute atomic E-state index is 0.496. The zero-order chi connectivity index (χ0) is 15.3. The molecule has 0 radical (unpaired) electrons. The Bertz CT molecular complexity index is 449. The van der Waals surface area contributed by atoms with E-state index in [1.807, 2.05) is 24.3 Å². The van der Waals surface area contributed by atoms with Crippen molar-refractivity contribution in [1.82, 2.24) is 9.97 Å². The molecule has 0 atom stereocenters. The van der Waals surface area contributed by atoms with Crippen molar-refractivity contribution in [2.24, 2.45) is 0 Å². The molecular formula is C16H20N2O4. The predicted molar refractivity (Wildman–Crippen MR) is 81.1 cm³/mol. The van der Waals surface area contributed by atoms with Crippen LogP contribution >= 0.6 is 0 Å². The molecule has 0 unspecified atom stereocenters. The fraction of sp³-hybridized carbons (Fsp3) is 0.375. The molecule has 0 aromatic carbocycles. The standard InChI is InChI=1S/C16H20N2O4/c1-3-15(13-17-5-1)21-11-9-19-7-8-20-10-12-22-16-4-2-6-18-14-16/h1-6,13-14H,7-12H2. The van der Waals surface area contributed by atoms with Crippen molar-refractivity contribution in [3.8, 4) is 11.5 Å². The normalized spacial score (nSPS) is 10.4. The summed E-state index contributed by atoms with van der Waals surface area (Å²) >= 11 is 0. The van der Waals surface area contributed by atoms with Gasteiger partial charge in [-0.15, -0.1) is 0 Å². The highest BCUT2D eigenvalue weighted by atomic mass is 16.6. The van der Waals surface area contributed by atoms with Gasteiger partial charge in [0, 0.05) is 12.4 Å². The van der Waals surface area contributed by atoms with Gasteiger partial charge in [0.15, 0.2) is 0 Å². The molecule has 0 fully saturated rings. The molecule has 0 amide bonds. The number of rotatable bonds is 11. The lowest BCUT2D eigenvalue weighted by atomic mass is 10.5. The average Bonchev–Trinajstić information content (AvgIpc) is 2.58. The first kappa shape index (κ1) is 16.2. The summed E-state index contributed by atoms with van der Waals surface area (Å²) in [6, 6.07) is 7.38. The topological polar surface area (TPSA) is 62.7 Å². The van der Waals surface area contributed by atoms with Gasteiger partial charge < -0.3 is 18.9 Å². The maximum absolute atomic E-state index is 5.45. The monoisotopic (exact) mass is 304 g/mol. The highest BCUT2D eigenvalue weighted by molar-refractivity contribution is 5.15. The van der Waals surface area contributed by atoms with E-state index >= 15 is 0 Å². The molecule has 22 heavy (non-hydrogen) atoms. The van der Waals surface area contributed by atoms with E-state index in [2.05, 4.69) is 9.97 Å². The van der Waals surface area contributed by atoms with Gasteiger partial charge in [-0.3, -0.25) is 9.97 Å². The van der Waals surface area contributed by atoms with Gasteiger partial charge in [-0.05, 0) is 24.3 Å². The van der Waals surface area contributed by atoms with Crippen molar-refractivity contribution < 1.29 is 18.9 Å². The summed E-state index contributed by atoms with van der Waals surface area (Å²) in [5.41, 5.74) is 0. The molecule has 0 aliphatic heterocycles. The van der Waals surface area contributed by atoms with E-state index in [-0.39, 0.29) is 0 Å². The van der Waals surface area contributed by atoms with E-state index in [1.165, 1.54) is 0 Å². The number of nitrogens with zero attached hydrogens (tertiary/aromatic N) is 2. The second kappa shape index (κ2) is 10.5. The molecule has 6 nitrogen and oxygen atoms in total. The van der Waals surface area contributed by atoms with Crippen molar-refractivity contribution in [1.29, 1.82) is 0 Å². The fourth-order valence-corrected chi connectivity index (χ4v) is 1.62. The minimum Gasteiger partial charge on any atom is -0.490 e. The first-order valence-electron chi connectivity index (χ1n) is 7.16. The molecule has 2 rings (SSSR count). The van der Waals surface area contributed by atoms with Crippen molar-refractivity contribution in [2.45, 2.75) is 0 Å². The van der Waals surface area contributed by atoms with Gasteiger partial charge in [-0.25, -0.2) is 0 Å². The molecule has 0 aliphatic rings. The minimum atomic E-state index is 0.496. The molecule has 0 saturated heterocycles. The Morgan fingerprint density at radius 3 is 1.50 bits per heavy atom. The molecule has 6 heteroatoms. The van der Waals surface area contributed by atoms with Crippen LogP contribution in [0.15, 0.2) is 49.1 Å². The Labute approximate surface area is 130 Å². The van der Waals surface area contributed by atoms with Crippen LogP contribution < -0.4 is 9.47 Å². The molecule has 0 saturated carbocycles. The zero-order valence-electron chi connectivity index (χ0n) is 12.4. The Morgan fingerprint density at radius 2 is 1.09 bits per heavy atom. The first-order chi connectivity index (χ1) is 10.9. The molecular weight excluding hydrogens is 284 g/mol. The van der Waals surface area contributed by atoms with E-state index in [0.29, 0.717) is 39.6 Å². The highest BCUT2D eigenvalue weighted by Crippen LogP contribution is 2.06. The lowest BCUT2D eigenvalue weighted by molar-refractivity contribution is 0.0273. The maximum atomic E-state index is 5.45. The number of pyridine rings is 2. The van der Waals surface area contributed by atoms with Crippen molar-refractivity contribution in [3.63, 3.8) is 0 Å². The molecule has 0 spiro atoms. The van der Waals surface area contributed by atoms with E-state index in [9.17, 15) is 0 Å². The lowest BCUT2D eigenvalue weighted by Gasteiger charge is -2.08. The van der Waals surface area contributed by atoms with E-state index < -0.39 is 0 Å². The second-order valence-electron chi connectivity index (χ2n) is 4.30. The lowest BCUT2D eigenvalue weighted by Crippen LogP contribution is -2.13. The Kier molecular flexibility index (Phi) is 7.75. The third-order valence-corrected chi connectivity index (χ3v) is 2.63. The SMILES string of the molecule is c1cncc(OCCOCCOCCOc2cccnc2)c1.